The lowest BCUT2D eigenvalue weighted by molar-refractivity contribution is 0.0990. The van der Waals surface area contributed by atoms with E-state index < -0.39 is 8.07 Å². The van der Waals surface area contributed by atoms with E-state index in [1.54, 1.807) is 28.7 Å². The minimum Gasteiger partial charge on any atom is -0.302 e. The van der Waals surface area contributed by atoms with Crippen LogP contribution >= 0.6 is 22.7 Å². The molecule has 0 radical (unpaired) electrons. The molecule has 0 saturated carbocycles. The van der Waals surface area contributed by atoms with Gasteiger partial charge in [-0.1, -0.05) is 42.8 Å². The Morgan fingerprint density at radius 3 is 2.14 bits per heavy atom. The minimum absolute atomic E-state index is 0.170. The molecule has 8 rings (SSSR count). The van der Waals surface area contributed by atoms with Crippen molar-refractivity contribution in [2.75, 3.05) is 4.90 Å². The number of thiophene rings is 2. The standard InChI is InChI=1S/C31H21NO2S2Si/c33-30-21-16-19-12-13-35-26(19)18-22(21)31(34)23(30)17-20-10-11-29(36-20)32-24-6-1-3-8-27(24)37(14-5-15-37)28-9-4-2-7-25(28)32/h1-4,6-13,16-18H,5,14-15H2/b23-17+. The Labute approximate surface area is 223 Å². The Bertz CT molecular complexity index is 1720. The molecule has 2 aromatic heterocycles. The van der Waals surface area contributed by atoms with E-state index in [9.17, 15) is 9.59 Å². The molecule has 1 spiro atoms. The van der Waals surface area contributed by atoms with E-state index in [-0.39, 0.29) is 17.1 Å². The van der Waals surface area contributed by atoms with Gasteiger partial charge in [-0.15, -0.1) is 22.7 Å². The third-order valence-corrected chi connectivity index (χ3v) is 15.4. The van der Waals surface area contributed by atoms with E-state index in [0.29, 0.717) is 11.1 Å². The van der Waals surface area contributed by atoms with Gasteiger partial charge < -0.3 is 4.90 Å². The lowest BCUT2D eigenvalue weighted by Gasteiger charge is -2.48. The zero-order valence-electron chi connectivity index (χ0n) is 19.9. The lowest BCUT2D eigenvalue weighted by atomic mass is 10.1. The van der Waals surface area contributed by atoms with Crippen LogP contribution in [0.3, 0.4) is 0 Å². The van der Waals surface area contributed by atoms with E-state index in [4.69, 9.17) is 0 Å². The molecule has 0 atom stereocenters. The van der Waals surface area contributed by atoms with Crippen molar-refractivity contribution in [1.82, 2.24) is 0 Å². The minimum atomic E-state index is -1.68. The van der Waals surface area contributed by atoms with Gasteiger partial charge in [0.2, 0.25) is 0 Å². The van der Waals surface area contributed by atoms with E-state index in [1.807, 2.05) is 29.6 Å². The number of fused-ring (bicyclic) bond motifs is 6. The molecule has 1 fully saturated rings. The maximum absolute atomic E-state index is 13.2. The number of para-hydroxylation sites is 2. The van der Waals surface area contributed by atoms with Crippen molar-refractivity contribution in [3.63, 3.8) is 0 Å². The van der Waals surface area contributed by atoms with Crippen LogP contribution in [0, 0.1) is 0 Å². The fraction of sp³-hybridized carbons (Fsp3) is 0.0968. The van der Waals surface area contributed by atoms with E-state index in [1.165, 1.54) is 40.3 Å². The Balaban J connectivity index is 1.22. The second kappa shape index (κ2) is 7.71. The van der Waals surface area contributed by atoms with E-state index in [0.717, 1.165) is 20.0 Å². The smallest absolute Gasteiger partial charge is 0.197 e. The van der Waals surface area contributed by atoms with Gasteiger partial charge in [0.15, 0.2) is 11.6 Å². The highest BCUT2D eigenvalue weighted by Gasteiger charge is 2.49. The summed E-state index contributed by atoms with van der Waals surface area (Å²) in [6.07, 6.45) is 3.10. The maximum atomic E-state index is 13.2. The lowest BCUT2D eigenvalue weighted by Crippen LogP contribution is -2.66. The second-order valence-electron chi connectivity index (χ2n) is 10.1. The zero-order chi connectivity index (χ0) is 24.7. The van der Waals surface area contributed by atoms with Gasteiger partial charge in [-0.05, 0) is 81.8 Å². The number of allylic oxidation sites excluding steroid dienone is 1. The Morgan fingerprint density at radius 2 is 1.46 bits per heavy atom. The molecule has 3 aromatic carbocycles. The maximum Gasteiger partial charge on any atom is 0.197 e. The zero-order valence-corrected chi connectivity index (χ0v) is 22.5. The number of anilines is 3. The molecule has 0 unspecified atom stereocenters. The van der Waals surface area contributed by atoms with Gasteiger partial charge in [-0.25, -0.2) is 0 Å². The van der Waals surface area contributed by atoms with Crippen LogP contribution in [-0.2, 0) is 0 Å². The summed E-state index contributed by atoms with van der Waals surface area (Å²) in [5, 5.41) is 7.17. The van der Waals surface area contributed by atoms with Crippen LogP contribution < -0.4 is 15.3 Å². The number of benzene rings is 3. The molecule has 6 heteroatoms. The largest absolute Gasteiger partial charge is 0.302 e. The molecule has 0 amide bonds. The van der Waals surface area contributed by atoms with Crippen molar-refractivity contribution in [3.8, 4) is 0 Å². The molecule has 0 N–H and O–H groups in total. The summed E-state index contributed by atoms with van der Waals surface area (Å²) in [6, 6.07) is 30.4. The van der Waals surface area contributed by atoms with Crippen LogP contribution in [0.15, 0.2) is 89.8 Å². The van der Waals surface area contributed by atoms with Gasteiger partial charge >= 0.3 is 0 Å². The predicted octanol–water partition coefficient (Wildman–Crippen LogP) is 7.18. The average molecular weight is 532 g/mol. The van der Waals surface area contributed by atoms with Gasteiger partial charge in [0.1, 0.15) is 13.1 Å². The molecule has 1 saturated heterocycles. The summed E-state index contributed by atoms with van der Waals surface area (Å²) in [5.41, 5.74) is 3.88. The van der Waals surface area contributed by atoms with Crippen LogP contribution in [0.25, 0.3) is 16.2 Å². The average Bonchev–Trinajstić information content (AvgIpc) is 3.61. The quantitative estimate of drug-likeness (QED) is 0.138. The van der Waals surface area contributed by atoms with Crippen molar-refractivity contribution in [2.24, 2.45) is 0 Å². The van der Waals surface area contributed by atoms with Gasteiger partial charge in [0.05, 0.1) is 5.57 Å². The summed E-state index contributed by atoms with van der Waals surface area (Å²) in [5.74, 6) is -0.341. The first-order chi connectivity index (χ1) is 18.1. The highest BCUT2D eigenvalue weighted by Crippen LogP contribution is 2.46. The van der Waals surface area contributed by atoms with Gasteiger partial charge in [0.25, 0.3) is 0 Å². The highest BCUT2D eigenvalue weighted by atomic mass is 32.1. The normalized spacial score (nSPS) is 18.3. The number of rotatable bonds is 2. The SMILES string of the molecule is O=C1/C(=C\c2ccc(N3c4ccccc4[Si]4(CCC4)c4ccccc43)s2)C(=O)c2cc3sccc3cc21. The van der Waals surface area contributed by atoms with E-state index in [2.05, 4.69) is 59.5 Å². The summed E-state index contributed by atoms with van der Waals surface area (Å²) in [7, 11) is -1.68. The molecule has 2 aliphatic heterocycles. The first kappa shape index (κ1) is 21.5. The third kappa shape index (κ3) is 2.92. The Hall–Kier alpha value is -3.58. The number of hydrogen-bond donors (Lipinski definition) is 0. The molecule has 1 aliphatic carbocycles. The Kier molecular flexibility index (Phi) is 4.48. The first-order valence-corrected chi connectivity index (χ1v) is 16.7. The van der Waals surface area contributed by atoms with Crippen molar-refractivity contribution in [3.05, 3.63) is 106 Å². The summed E-state index contributed by atoms with van der Waals surface area (Å²) in [6.45, 7) is 0. The van der Waals surface area contributed by atoms with Crippen LogP contribution in [0.4, 0.5) is 16.4 Å². The number of hydrogen-bond acceptors (Lipinski definition) is 5. The number of Topliss-reactive ketones (excluding diaryl/α,β-unsaturated/α-hetero) is 2. The molecule has 178 valence electrons. The summed E-state index contributed by atoms with van der Waals surface area (Å²) >= 11 is 3.22. The number of ketones is 2. The molecule has 4 heterocycles. The molecular weight excluding hydrogens is 511 g/mol. The molecular formula is C31H21NO2S2Si. The Morgan fingerprint density at radius 1 is 0.784 bits per heavy atom. The summed E-state index contributed by atoms with van der Waals surface area (Å²) < 4.78 is 1.04. The number of carbonyl (C=O) groups is 2. The molecule has 37 heavy (non-hydrogen) atoms. The van der Waals surface area contributed by atoms with Crippen molar-refractivity contribution < 1.29 is 9.59 Å². The fourth-order valence-corrected chi connectivity index (χ4v) is 12.7. The van der Waals surface area contributed by atoms with Crippen LogP contribution in [-0.4, -0.2) is 19.6 Å². The molecule has 5 aromatic rings. The van der Waals surface area contributed by atoms with Gasteiger partial charge in [-0.3, -0.25) is 9.59 Å². The summed E-state index contributed by atoms with van der Waals surface area (Å²) in [4.78, 5) is 29.8. The molecule has 0 bridgehead atoms. The molecule has 3 nitrogen and oxygen atoms in total. The second-order valence-corrected chi connectivity index (χ2v) is 16.3. The monoisotopic (exact) mass is 531 g/mol. The van der Waals surface area contributed by atoms with E-state index >= 15 is 0 Å². The fourth-order valence-electron chi connectivity index (χ4n) is 6.32. The predicted molar refractivity (Wildman–Crippen MR) is 157 cm³/mol. The topological polar surface area (TPSA) is 37.4 Å². The molecule has 3 aliphatic rings. The van der Waals surface area contributed by atoms with Crippen molar-refractivity contribution in [2.45, 2.75) is 18.5 Å². The van der Waals surface area contributed by atoms with Gasteiger partial charge in [-0.2, -0.15) is 0 Å². The van der Waals surface area contributed by atoms with Crippen LogP contribution in [0.1, 0.15) is 32.0 Å². The number of nitrogens with zero attached hydrogens (tertiary/aromatic N) is 1. The van der Waals surface area contributed by atoms with Crippen LogP contribution in [0.2, 0.25) is 12.1 Å². The number of carbonyl (C=O) groups excluding carboxylic acids is 2. The highest BCUT2D eigenvalue weighted by molar-refractivity contribution is 7.17. The van der Waals surface area contributed by atoms with Crippen molar-refractivity contribution >= 4 is 85.2 Å². The van der Waals surface area contributed by atoms with Crippen molar-refractivity contribution in [1.29, 1.82) is 0 Å². The van der Waals surface area contributed by atoms with Gasteiger partial charge in [0, 0.05) is 32.1 Å². The van der Waals surface area contributed by atoms with Crippen LogP contribution in [0.5, 0.6) is 0 Å². The third-order valence-electron chi connectivity index (χ3n) is 8.22. The first-order valence-electron chi connectivity index (χ1n) is 12.6.